The monoisotopic (exact) mass is 216 g/mol. The maximum absolute atomic E-state index is 11.7. The van der Waals surface area contributed by atoms with E-state index < -0.39 is 11.7 Å². The largest absolute Gasteiger partial charge is 0.436 e. The number of aliphatic hydroxyl groups is 1. The molecule has 0 bridgehead atoms. The third kappa shape index (κ3) is 4.65. The van der Waals surface area contributed by atoms with E-state index in [-0.39, 0.29) is 11.9 Å². The van der Waals surface area contributed by atoms with Crippen LogP contribution in [0.3, 0.4) is 0 Å². The zero-order valence-corrected chi connectivity index (χ0v) is 10.5. The van der Waals surface area contributed by atoms with Gasteiger partial charge in [-0.2, -0.15) is 0 Å². The lowest BCUT2D eigenvalue weighted by atomic mass is 9.81. The van der Waals surface area contributed by atoms with E-state index in [1.807, 2.05) is 34.6 Å². The van der Waals surface area contributed by atoms with Crippen LogP contribution in [0.2, 0.25) is 0 Å². The first-order valence-electron chi connectivity index (χ1n) is 5.71. The molecule has 1 unspecified atom stereocenters. The Morgan fingerprint density at radius 2 is 1.93 bits per heavy atom. The number of hydrogen-bond acceptors (Lipinski definition) is 3. The van der Waals surface area contributed by atoms with Crippen molar-refractivity contribution in [3.8, 4) is 0 Å². The third-order valence-corrected chi connectivity index (χ3v) is 3.02. The van der Waals surface area contributed by atoms with Gasteiger partial charge in [0.2, 0.25) is 6.29 Å². The molecular weight excluding hydrogens is 192 g/mol. The number of aliphatic hydroxyl groups excluding tert-OH is 1. The molecule has 0 amide bonds. The normalized spacial score (nSPS) is 14.1. The maximum atomic E-state index is 11.7. The van der Waals surface area contributed by atoms with Crippen molar-refractivity contribution >= 4 is 5.97 Å². The summed E-state index contributed by atoms with van der Waals surface area (Å²) in [7, 11) is 0. The zero-order valence-electron chi connectivity index (χ0n) is 10.5. The van der Waals surface area contributed by atoms with E-state index >= 15 is 0 Å². The Kier molecular flexibility index (Phi) is 5.88. The Hall–Kier alpha value is -0.570. The highest BCUT2D eigenvalue weighted by Crippen LogP contribution is 2.28. The summed E-state index contributed by atoms with van der Waals surface area (Å²) in [6.45, 7) is 9.66. The van der Waals surface area contributed by atoms with Crippen LogP contribution in [0, 0.1) is 11.3 Å². The highest BCUT2D eigenvalue weighted by Gasteiger charge is 2.34. The van der Waals surface area contributed by atoms with Gasteiger partial charge in [-0.3, -0.25) is 4.79 Å². The molecule has 0 spiro atoms. The Labute approximate surface area is 92.8 Å². The second kappa shape index (κ2) is 6.11. The smallest absolute Gasteiger partial charge is 0.314 e. The Morgan fingerprint density at radius 1 is 1.40 bits per heavy atom. The predicted molar refractivity (Wildman–Crippen MR) is 60.2 cm³/mol. The minimum Gasteiger partial charge on any atom is -0.436 e. The summed E-state index contributed by atoms with van der Waals surface area (Å²) in [5, 5.41) is 9.45. The quantitative estimate of drug-likeness (QED) is 0.548. The highest BCUT2D eigenvalue weighted by molar-refractivity contribution is 5.76. The molecule has 0 aromatic rings. The highest BCUT2D eigenvalue weighted by atomic mass is 16.6. The van der Waals surface area contributed by atoms with Crippen LogP contribution in [0.5, 0.6) is 0 Å². The second-order valence-electron chi connectivity index (χ2n) is 4.88. The molecule has 0 heterocycles. The number of ether oxygens (including phenoxy) is 1. The predicted octanol–water partition coefficient (Wildman–Crippen LogP) is 2.72. The molecule has 15 heavy (non-hydrogen) atoms. The van der Waals surface area contributed by atoms with Gasteiger partial charge >= 0.3 is 5.97 Å². The topological polar surface area (TPSA) is 46.5 Å². The summed E-state index contributed by atoms with van der Waals surface area (Å²) < 4.78 is 5.00. The third-order valence-electron chi connectivity index (χ3n) is 3.02. The van der Waals surface area contributed by atoms with Crippen molar-refractivity contribution in [1.82, 2.24) is 0 Å². The number of rotatable bonds is 6. The zero-order chi connectivity index (χ0) is 12.1. The molecule has 0 aliphatic heterocycles. The van der Waals surface area contributed by atoms with Crippen molar-refractivity contribution < 1.29 is 14.6 Å². The van der Waals surface area contributed by atoms with Gasteiger partial charge in [0.25, 0.3) is 0 Å². The van der Waals surface area contributed by atoms with Crippen molar-refractivity contribution in [1.29, 1.82) is 0 Å². The lowest BCUT2D eigenvalue weighted by Crippen LogP contribution is -2.34. The maximum Gasteiger partial charge on any atom is 0.314 e. The fraction of sp³-hybridized carbons (Fsp3) is 0.917. The molecule has 1 atom stereocenters. The van der Waals surface area contributed by atoms with Crippen molar-refractivity contribution in [2.45, 2.75) is 60.2 Å². The number of carbonyl (C=O) groups excluding carboxylic acids is 1. The van der Waals surface area contributed by atoms with Crippen molar-refractivity contribution in [3.05, 3.63) is 0 Å². The van der Waals surface area contributed by atoms with Crippen molar-refractivity contribution in [3.63, 3.8) is 0 Å². The van der Waals surface area contributed by atoms with Crippen molar-refractivity contribution in [2.24, 2.45) is 11.3 Å². The lowest BCUT2D eigenvalue weighted by molar-refractivity contribution is -0.181. The summed E-state index contributed by atoms with van der Waals surface area (Å²) in [5.41, 5.74) is -0.535. The summed E-state index contributed by atoms with van der Waals surface area (Å²) in [6, 6.07) is 0. The van der Waals surface area contributed by atoms with E-state index in [1.54, 1.807) is 0 Å². The number of carbonyl (C=O) groups is 1. The van der Waals surface area contributed by atoms with Crippen LogP contribution in [-0.2, 0) is 9.53 Å². The molecule has 0 radical (unpaired) electrons. The summed E-state index contributed by atoms with van der Waals surface area (Å²) in [6.07, 6.45) is 1.44. The van der Waals surface area contributed by atoms with Gasteiger partial charge in [-0.15, -0.1) is 0 Å². The first kappa shape index (κ1) is 14.4. The van der Waals surface area contributed by atoms with Gasteiger partial charge in [0.15, 0.2) is 0 Å². The molecule has 3 heteroatoms. The fourth-order valence-electron chi connectivity index (χ4n) is 0.949. The van der Waals surface area contributed by atoms with Crippen molar-refractivity contribution in [2.75, 3.05) is 0 Å². The molecule has 1 N–H and O–H groups in total. The van der Waals surface area contributed by atoms with E-state index in [2.05, 4.69) is 0 Å². The summed E-state index contributed by atoms with van der Waals surface area (Å²) in [4.78, 5) is 11.7. The molecule has 0 aromatic carbocycles. The Balaban J connectivity index is 4.12. The second-order valence-corrected chi connectivity index (χ2v) is 4.88. The van der Waals surface area contributed by atoms with E-state index in [4.69, 9.17) is 4.74 Å². The number of hydrogen-bond donors (Lipinski definition) is 1. The molecule has 0 fully saturated rings. The molecular formula is C12H24O3. The van der Waals surface area contributed by atoms with E-state index in [0.717, 1.165) is 12.8 Å². The molecule has 0 saturated carbocycles. The average molecular weight is 216 g/mol. The fourth-order valence-corrected chi connectivity index (χ4v) is 0.949. The summed E-state index contributed by atoms with van der Waals surface area (Å²) >= 11 is 0. The minimum absolute atomic E-state index is 0.198. The molecule has 0 rings (SSSR count). The molecule has 0 aromatic heterocycles. The van der Waals surface area contributed by atoms with Crippen LogP contribution in [-0.4, -0.2) is 17.4 Å². The standard InChI is InChI=1S/C12H24O3/c1-6-7-8-10(13)15-11(14)12(4,5)9(2)3/h9-10,13H,6-8H2,1-5H3. The Bertz CT molecular complexity index is 197. The molecule has 0 aliphatic carbocycles. The summed E-state index contributed by atoms with van der Waals surface area (Å²) in [5.74, 6) is -0.121. The first-order chi connectivity index (χ1) is 6.82. The van der Waals surface area contributed by atoms with Crippen LogP contribution >= 0.6 is 0 Å². The lowest BCUT2D eigenvalue weighted by Gasteiger charge is -2.27. The van der Waals surface area contributed by atoms with Crippen LogP contribution in [0.25, 0.3) is 0 Å². The number of esters is 1. The van der Waals surface area contributed by atoms with Gasteiger partial charge in [0.1, 0.15) is 0 Å². The first-order valence-corrected chi connectivity index (χ1v) is 5.71. The van der Waals surface area contributed by atoms with Crippen LogP contribution in [0.4, 0.5) is 0 Å². The van der Waals surface area contributed by atoms with Gasteiger partial charge in [0, 0.05) is 6.42 Å². The Morgan fingerprint density at radius 3 is 2.33 bits per heavy atom. The van der Waals surface area contributed by atoms with E-state index in [0.29, 0.717) is 6.42 Å². The minimum atomic E-state index is -0.949. The van der Waals surface area contributed by atoms with Gasteiger partial charge in [0.05, 0.1) is 5.41 Å². The van der Waals surface area contributed by atoms with Gasteiger partial charge in [-0.25, -0.2) is 0 Å². The number of unbranched alkanes of at least 4 members (excludes halogenated alkanes) is 1. The van der Waals surface area contributed by atoms with E-state index in [1.165, 1.54) is 0 Å². The van der Waals surface area contributed by atoms with Crippen LogP contribution in [0.15, 0.2) is 0 Å². The molecule has 0 saturated heterocycles. The van der Waals surface area contributed by atoms with Gasteiger partial charge in [-0.05, 0) is 26.2 Å². The SMILES string of the molecule is CCCCC(O)OC(=O)C(C)(C)C(C)C. The van der Waals surface area contributed by atoms with Crippen LogP contribution < -0.4 is 0 Å². The molecule has 3 nitrogen and oxygen atoms in total. The van der Waals surface area contributed by atoms with E-state index in [9.17, 15) is 9.90 Å². The van der Waals surface area contributed by atoms with Crippen LogP contribution in [0.1, 0.15) is 53.9 Å². The molecule has 90 valence electrons. The van der Waals surface area contributed by atoms with Gasteiger partial charge in [-0.1, -0.05) is 27.2 Å². The average Bonchev–Trinajstić information content (AvgIpc) is 2.14. The van der Waals surface area contributed by atoms with Gasteiger partial charge < -0.3 is 9.84 Å². The molecule has 0 aliphatic rings.